The van der Waals surface area contributed by atoms with Crippen molar-refractivity contribution in [3.8, 4) is 5.69 Å². The average Bonchev–Trinajstić information content (AvgIpc) is 2.71. The molecule has 0 fully saturated rings. The molecule has 0 radical (unpaired) electrons. The first kappa shape index (κ1) is 13.7. The Bertz CT molecular complexity index is 640. The van der Waals surface area contributed by atoms with Gasteiger partial charge in [-0.15, -0.1) is 0 Å². The van der Waals surface area contributed by atoms with Gasteiger partial charge in [0.1, 0.15) is 11.5 Å². The van der Waals surface area contributed by atoms with Crippen LogP contribution in [0.2, 0.25) is 5.02 Å². The molecule has 1 aliphatic rings. The smallest absolute Gasteiger partial charge is 0.148 e. The minimum absolute atomic E-state index is 0.000508. The lowest BCUT2D eigenvalue weighted by Gasteiger charge is -2.34. The number of nitrogens with two attached hydrogens (primary N) is 1. The molecule has 2 aromatic rings. The van der Waals surface area contributed by atoms with Gasteiger partial charge in [-0.1, -0.05) is 31.5 Å². The number of para-hydroxylation sites is 1. The maximum atomic E-state index is 14.1. The Hall–Kier alpha value is -1.32. The second kappa shape index (κ2) is 4.61. The molecular formula is C16H18ClFN2. The van der Waals surface area contributed by atoms with Crippen molar-refractivity contribution in [3.63, 3.8) is 0 Å². The Morgan fingerprint density at radius 3 is 2.80 bits per heavy atom. The van der Waals surface area contributed by atoms with Crippen molar-refractivity contribution in [2.24, 2.45) is 11.1 Å². The van der Waals surface area contributed by atoms with Crippen LogP contribution >= 0.6 is 11.6 Å². The molecule has 4 heteroatoms. The zero-order valence-corrected chi connectivity index (χ0v) is 12.4. The van der Waals surface area contributed by atoms with Gasteiger partial charge in [0.25, 0.3) is 0 Å². The van der Waals surface area contributed by atoms with E-state index in [4.69, 9.17) is 17.3 Å². The van der Waals surface area contributed by atoms with Crippen LogP contribution in [0.25, 0.3) is 5.69 Å². The zero-order chi connectivity index (χ0) is 14.5. The van der Waals surface area contributed by atoms with E-state index in [2.05, 4.69) is 13.8 Å². The second-order valence-electron chi connectivity index (χ2n) is 6.31. The number of nitrogens with zero attached hydrogens (tertiary/aromatic N) is 1. The van der Waals surface area contributed by atoms with E-state index < -0.39 is 0 Å². The fraction of sp³-hybridized carbons (Fsp3) is 0.375. The SMILES string of the molecule is CC1(C)Cc2c(ccn2-c2c(F)cccc2Cl)C(N)C1. The second-order valence-corrected chi connectivity index (χ2v) is 6.72. The lowest BCUT2D eigenvalue weighted by Crippen LogP contribution is -2.30. The molecule has 1 aromatic heterocycles. The van der Waals surface area contributed by atoms with Crippen molar-refractivity contribution in [1.82, 2.24) is 4.57 Å². The average molecular weight is 293 g/mol. The molecule has 1 unspecified atom stereocenters. The molecule has 3 rings (SSSR count). The topological polar surface area (TPSA) is 30.9 Å². The minimum atomic E-state index is -0.312. The van der Waals surface area contributed by atoms with E-state index in [1.807, 2.05) is 16.8 Å². The van der Waals surface area contributed by atoms with E-state index in [-0.39, 0.29) is 17.3 Å². The van der Waals surface area contributed by atoms with Crippen LogP contribution in [-0.4, -0.2) is 4.57 Å². The van der Waals surface area contributed by atoms with Crippen molar-refractivity contribution < 1.29 is 4.39 Å². The summed E-state index contributed by atoms with van der Waals surface area (Å²) in [5.74, 6) is -0.312. The number of hydrogen-bond donors (Lipinski definition) is 1. The first-order valence-electron chi connectivity index (χ1n) is 6.79. The molecule has 0 spiro atoms. The Labute approximate surface area is 123 Å². The molecule has 1 heterocycles. The number of benzene rings is 1. The first-order chi connectivity index (χ1) is 9.39. The molecule has 1 aliphatic carbocycles. The lowest BCUT2D eigenvalue weighted by atomic mass is 9.74. The maximum Gasteiger partial charge on any atom is 0.148 e. The van der Waals surface area contributed by atoms with Gasteiger partial charge >= 0.3 is 0 Å². The third kappa shape index (κ3) is 2.15. The molecule has 0 bridgehead atoms. The third-order valence-electron chi connectivity index (χ3n) is 4.02. The number of halogens is 2. The molecule has 1 aromatic carbocycles. The summed E-state index contributed by atoms with van der Waals surface area (Å²) in [6.07, 6.45) is 3.68. The summed E-state index contributed by atoms with van der Waals surface area (Å²) < 4.78 is 16.0. The van der Waals surface area contributed by atoms with Crippen LogP contribution in [0.3, 0.4) is 0 Å². The monoisotopic (exact) mass is 292 g/mol. The van der Waals surface area contributed by atoms with Crippen LogP contribution in [0.4, 0.5) is 4.39 Å². The van der Waals surface area contributed by atoms with Crippen LogP contribution in [0.15, 0.2) is 30.5 Å². The van der Waals surface area contributed by atoms with Crippen LogP contribution in [-0.2, 0) is 6.42 Å². The van der Waals surface area contributed by atoms with Gasteiger partial charge in [0.05, 0.1) is 5.02 Å². The Morgan fingerprint density at radius 2 is 2.10 bits per heavy atom. The Balaban J connectivity index is 2.19. The standard InChI is InChI=1S/C16H18ClFN2/c1-16(2)8-13(19)10-6-7-20(14(10)9-16)15-11(17)4-3-5-12(15)18/h3-7,13H,8-9,19H2,1-2H3. The van der Waals surface area contributed by atoms with Gasteiger partial charge in [0.15, 0.2) is 0 Å². The van der Waals surface area contributed by atoms with Gasteiger partial charge in [-0.3, -0.25) is 0 Å². The molecule has 2 nitrogen and oxygen atoms in total. The fourth-order valence-corrected chi connectivity index (χ4v) is 3.42. The van der Waals surface area contributed by atoms with Crippen molar-refractivity contribution in [1.29, 1.82) is 0 Å². The van der Waals surface area contributed by atoms with E-state index in [1.54, 1.807) is 12.1 Å². The molecule has 106 valence electrons. The highest BCUT2D eigenvalue weighted by Gasteiger charge is 2.33. The summed E-state index contributed by atoms with van der Waals surface area (Å²) in [6.45, 7) is 4.38. The van der Waals surface area contributed by atoms with Crippen molar-refractivity contribution >= 4 is 11.6 Å². The number of hydrogen-bond acceptors (Lipinski definition) is 1. The number of rotatable bonds is 1. The van der Waals surface area contributed by atoms with Gasteiger partial charge < -0.3 is 10.3 Å². The van der Waals surface area contributed by atoms with E-state index in [1.165, 1.54) is 6.07 Å². The maximum absolute atomic E-state index is 14.1. The highest BCUT2D eigenvalue weighted by molar-refractivity contribution is 6.32. The normalized spacial score (nSPS) is 20.8. The Kier molecular flexibility index (Phi) is 3.14. The molecule has 20 heavy (non-hydrogen) atoms. The third-order valence-corrected chi connectivity index (χ3v) is 4.33. The molecular weight excluding hydrogens is 275 g/mol. The quantitative estimate of drug-likeness (QED) is 0.837. The summed E-state index contributed by atoms with van der Waals surface area (Å²) >= 11 is 6.18. The molecule has 0 saturated heterocycles. The van der Waals surface area contributed by atoms with Crippen LogP contribution in [0, 0.1) is 11.2 Å². The van der Waals surface area contributed by atoms with Gasteiger partial charge in [-0.05, 0) is 42.0 Å². The summed E-state index contributed by atoms with van der Waals surface area (Å²) in [5, 5.41) is 0.417. The molecule has 2 N–H and O–H groups in total. The van der Waals surface area contributed by atoms with E-state index >= 15 is 0 Å². The van der Waals surface area contributed by atoms with Crippen molar-refractivity contribution in [3.05, 3.63) is 52.6 Å². The van der Waals surface area contributed by atoms with Crippen LogP contribution < -0.4 is 5.73 Å². The molecule has 0 amide bonds. The Morgan fingerprint density at radius 1 is 1.35 bits per heavy atom. The summed E-state index contributed by atoms with van der Waals surface area (Å²) in [6, 6.07) is 6.74. The van der Waals surface area contributed by atoms with Gasteiger partial charge in [-0.2, -0.15) is 0 Å². The lowest BCUT2D eigenvalue weighted by molar-refractivity contribution is 0.278. The van der Waals surface area contributed by atoms with Crippen molar-refractivity contribution in [2.45, 2.75) is 32.7 Å². The van der Waals surface area contributed by atoms with Crippen LogP contribution in [0.5, 0.6) is 0 Å². The van der Waals surface area contributed by atoms with E-state index in [0.717, 1.165) is 24.1 Å². The highest BCUT2D eigenvalue weighted by Crippen LogP contribution is 2.41. The zero-order valence-electron chi connectivity index (χ0n) is 11.7. The largest absolute Gasteiger partial charge is 0.324 e. The summed E-state index contributed by atoms with van der Waals surface area (Å²) in [5.41, 5.74) is 8.95. The fourth-order valence-electron chi connectivity index (χ4n) is 3.16. The van der Waals surface area contributed by atoms with Gasteiger partial charge in [-0.25, -0.2) is 4.39 Å². The molecule has 0 aliphatic heterocycles. The highest BCUT2D eigenvalue weighted by atomic mass is 35.5. The predicted octanol–water partition coefficient (Wildman–Crippen LogP) is 4.24. The summed E-state index contributed by atoms with van der Waals surface area (Å²) in [7, 11) is 0. The van der Waals surface area contributed by atoms with E-state index in [9.17, 15) is 4.39 Å². The van der Waals surface area contributed by atoms with Gasteiger partial charge in [0.2, 0.25) is 0 Å². The molecule has 0 saturated carbocycles. The summed E-state index contributed by atoms with van der Waals surface area (Å²) in [4.78, 5) is 0. The first-order valence-corrected chi connectivity index (χ1v) is 7.17. The van der Waals surface area contributed by atoms with E-state index in [0.29, 0.717) is 10.7 Å². The number of aromatic nitrogens is 1. The van der Waals surface area contributed by atoms with Crippen molar-refractivity contribution in [2.75, 3.05) is 0 Å². The predicted molar refractivity (Wildman–Crippen MR) is 79.8 cm³/mol. The molecule has 1 atom stereocenters. The minimum Gasteiger partial charge on any atom is -0.324 e. The number of fused-ring (bicyclic) bond motifs is 1. The van der Waals surface area contributed by atoms with Crippen LogP contribution in [0.1, 0.15) is 37.6 Å². The van der Waals surface area contributed by atoms with Gasteiger partial charge in [0, 0.05) is 17.9 Å².